The first-order valence-electron chi connectivity index (χ1n) is 14.1. The largest absolute Gasteiger partial charge is 0.524 e. The van der Waals surface area contributed by atoms with Gasteiger partial charge in [0.1, 0.15) is 22.8 Å². The molecular weight excluding hydrogens is 573 g/mol. The van der Waals surface area contributed by atoms with Crippen molar-refractivity contribution in [3.63, 3.8) is 0 Å². The molecule has 0 fully saturated rings. The zero-order valence-corrected chi connectivity index (χ0v) is 24.8. The van der Waals surface area contributed by atoms with Crippen LogP contribution in [0.3, 0.4) is 0 Å². The SMILES string of the molecule is C#CC(=O)NCCCOCCCc1ccc2c(c1)nc(N)c1nc(CCCC)n(Cc3cc(OP(=O)(O)O)ccc3O)c12. The number of amides is 1. The standard InChI is InChI=1S/C30H36N5O7P/c1-3-5-9-26-34-28-29(35(26)19-21-18-22(11-13-25(21)36)42-43(38,39)40)23-12-10-20(17-24(23)33-30(28)31)8-6-15-41-16-7-14-32-27(37)4-2/h2,10-13,17-18,36H,3,5-9,14-16,19H2,1H3,(H2,31,33)(H,32,37)(H2,38,39,40). The molecule has 0 aliphatic carbocycles. The molecule has 12 nitrogen and oxygen atoms in total. The number of fused-ring (bicyclic) bond motifs is 3. The third-order valence-electron chi connectivity index (χ3n) is 6.84. The van der Waals surface area contributed by atoms with Gasteiger partial charge in [0.05, 0.1) is 17.6 Å². The Kier molecular flexibility index (Phi) is 10.6. The highest BCUT2D eigenvalue weighted by Crippen LogP contribution is 2.39. The molecule has 0 radical (unpaired) electrons. The molecule has 6 N–H and O–H groups in total. The first-order valence-corrected chi connectivity index (χ1v) is 15.6. The Morgan fingerprint density at radius 3 is 2.65 bits per heavy atom. The lowest BCUT2D eigenvalue weighted by Gasteiger charge is -2.14. The molecule has 0 saturated carbocycles. The summed E-state index contributed by atoms with van der Waals surface area (Å²) in [7, 11) is -4.78. The predicted molar refractivity (Wildman–Crippen MR) is 164 cm³/mol. The molecule has 2 aromatic carbocycles. The maximum Gasteiger partial charge on any atom is 0.524 e. The number of imidazole rings is 1. The molecule has 0 saturated heterocycles. The molecule has 228 valence electrons. The summed E-state index contributed by atoms with van der Waals surface area (Å²) in [6.45, 7) is 3.81. The number of rotatable bonds is 15. The molecule has 0 bridgehead atoms. The quantitative estimate of drug-likeness (QED) is 0.0755. The Labute approximate surface area is 249 Å². The van der Waals surface area contributed by atoms with Crippen LogP contribution in [-0.4, -0.2) is 55.1 Å². The summed E-state index contributed by atoms with van der Waals surface area (Å²) < 4.78 is 23.8. The van der Waals surface area contributed by atoms with Crippen LogP contribution >= 0.6 is 7.82 Å². The predicted octanol–water partition coefficient (Wildman–Crippen LogP) is 3.82. The second-order valence-corrected chi connectivity index (χ2v) is 11.3. The van der Waals surface area contributed by atoms with E-state index in [-0.39, 0.29) is 18.0 Å². The third-order valence-corrected chi connectivity index (χ3v) is 7.29. The molecule has 0 atom stereocenters. The lowest BCUT2D eigenvalue weighted by Crippen LogP contribution is -2.23. The van der Waals surface area contributed by atoms with Crippen molar-refractivity contribution in [2.75, 3.05) is 25.5 Å². The van der Waals surface area contributed by atoms with Crippen LogP contribution in [0.25, 0.3) is 21.9 Å². The van der Waals surface area contributed by atoms with Crippen molar-refractivity contribution in [3.05, 3.63) is 53.3 Å². The number of hydrogen-bond donors (Lipinski definition) is 5. The third kappa shape index (κ3) is 8.46. The summed E-state index contributed by atoms with van der Waals surface area (Å²) in [6, 6.07) is 10.1. The fourth-order valence-corrected chi connectivity index (χ4v) is 5.20. The number of aromatic nitrogens is 3. The van der Waals surface area contributed by atoms with Crippen LogP contribution < -0.4 is 15.6 Å². The second kappa shape index (κ2) is 14.4. The number of carbonyl (C=O) groups is 1. The van der Waals surface area contributed by atoms with E-state index in [1.54, 1.807) is 0 Å². The molecule has 43 heavy (non-hydrogen) atoms. The number of phenols is 1. The number of nitrogens with two attached hydrogens (primary N) is 1. The zero-order valence-electron chi connectivity index (χ0n) is 24.0. The average Bonchev–Trinajstić information content (AvgIpc) is 3.32. The number of phosphoric ester groups is 1. The lowest BCUT2D eigenvalue weighted by molar-refractivity contribution is -0.115. The number of hydrogen-bond acceptors (Lipinski definition) is 8. The highest BCUT2D eigenvalue weighted by atomic mass is 31.2. The van der Waals surface area contributed by atoms with Crippen molar-refractivity contribution in [1.82, 2.24) is 19.9 Å². The molecule has 2 heterocycles. The molecule has 2 aromatic heterocycles. The number of carbonyl (C=O) groups excluding carboxylic acids is 1. The van der Waals surface area contributed by atoms with Gasteiger partial charge < -0.3 is 30.0 Å². The number of phenolic OH excluding ortho intramolecular Hbond substituents is 1. The van der Waals surface area contributed by atoms with Crippen LogP contribution in [0.15, 0.2) is 36.4 Å². The monoisotopic (exact) mass is 609 g/mol. The van der Waals surface area contributed by atoms with Gasteiger partial charge in [0.25, 0.3) is 5.91 Å². The van der Waals surface area contributed by atoms with E-state index in [4.69, 9.17) is 26.4 Å². The molecule has 0 aliphatic rings. The molecule has 13 heteroatoms. The number of nitrogens with one attached hydrogen (secondary N) is 1. The topological polar surface area (TPSA) is 182 Å². The summed E-state index contributed by atoms with van der Waals surface area (Å²) in [5, 5.41) is 14.1. The van der Waals surface area contributed by atoms with Gasteiger partial charge in [0, 0.05) is 37.1 Å². The maximum atomic E-state index is 11.4. The van der Waals surface area contributed by atoms with Crippen LogP contribution in [0.5, 0.6) is 11.5 Å². The Morgan fingerprint density at radius 2 is 1.91 bits per heavy atom. The van der Waals surface area contributed by atoms with Crippen molar-refractivity contribution < 1.29 is 33.5 Å². The van der Waals surface area contributed by atoms with Gasteiger partial charge >= 0.3 is 7.82 Å². The van der Waals surface area contributed by atoms with E-state index in [2.05, 4.69) is 17.2 Å². The van der Waals surface area contributed by atoms with Crippen LogP contribution in [0.1, 0.15) is 49.6 Å². The van der Waals surface area contributed by atoms with Gasteiger partial charge in [-0.05, 0) is 61.4 Å². The zero-order chi connectivity index (χ0) is 31.0. The normalized spacial score (nSPS) is 11.6. The fourth-order valence-electron chi connectivity index (χ4n) is 4.82. The van der Waals surface area contributed by atoms with E-state index in [1.165, 1.54) is 18.2 Å². The van der Waals surface area contributed by atoms with E-state index in [0.717, 1.165) is 48.0 Å². The van der Waals surface area contributed by atoms with Gasteiger partial charge in [-0.1, -0.05) is 25.5 Å². The number of nitrogen functional groups attached to an aromatic ring is 1. The number of benzene rings is 2. The summed E-state index contributed by atoms with van der Waals surface area (Å²) in [6.07, 6.45) is 9.76. The van der Waals surface area contributed by atoms with E-state index < -0.39 is 13.7 Å². The first kappa shape index (κ1) is 31.8. The highest BCUT2D eigenvalue weighted by Gasteiger charge is 2.21. The maximum absolute atomic E-state index is 11.4. The number of nitrogens with zero attached hydrogens (tertiary/aromatic N) is 3. The number of phosphoric acid groups is 1. The number of aromatic hydroxyl groups is 1. The average molecular weight is 610 g/mol. The number of unbranched alkanes of at least 4 members (excludes halogenated alkanes) is 1. The van der Waals surface area contributed by atoms with Crippen molar-refractivity contribution in [1.29, 1.82) is 0 Å². The highest BCUT2D eigenvalue weighted by molar-refractivity contribution is 7.46. The summed E-state index contributed by atoms with van der Waals surface area (Å²) >= 11 is 0. The summed E-state index contributed by atoms with van der Waals surface area (Å²) in [4.78, 5) is 39.0. The number of pyridine rings is 1. The minimum atomic E-state index is -4.78. The molecular formula is C30H36N5O7P. The van der Waals surface area contributed by atoms with Crippen LogP contribution in [0.4, 0.5) is 5.82 Å². The van der Waals surface area contributed by atoms with Gasteiger partial charge in [0.15, 0.2) is 5.82 Å². The molecule has 0 aliphatic heterocycles. The number of terminal acetylenes is 1. The lowest BCUT2D eigenvalue weighted by atomic mass is 10.1. The second-order valence-electron chi connectivity index (χ2n) is 10.1. The smallest absolute Gasteiger partial charge is 0.508 e. The molecule has 4 aromatic rings. The Balaban J connectivity index is 1.58. The van der Waals surface area contributed by atoms with Gasteiger partial charge in [-0.2, -0.15) is 0 Å². The van der Waals surface area contributed by atoms with Crippen molar-refractivity contribution in [2.24, 2.45) is 0 Å². The van der Waals surface area contributed by atoms with E-state index >= 15 is 0 Å². The van der Waals surface area contributed by atoms with Gasteiger partial charge in [0.2, 0.25) is 0 Å². The van der Waals surface area contributed by atoms with E-state index in [9.17, 15) is 24.3 Å². The number of aryl methyl sites for hydroxylation is 2. The van der Waals surface area contributed by atoms with E-state index in [0.29, 0.717) is 55.0 Å². The van der Waals surface area contributed by atoms with Crippen LogP contribution in [0, 0.1) is 12.3 Å². The van der Waals surface area contributed by atoms with Gasteiger partial charge in [-0.3, -0.25) is 14.6 Å². The van der Waals surface area contributed by atoms with Gasteiger partial charge in [-0.25, -0.2) is 14.5 Å². The molecule has 0 unspecified atom stereocenters. The summed E-state index contributed by atoms with van der Waals surface area (Å²) in [5.74, 6) is 2.53. The van der Waals surface area contributed by atoms with Crippen LogP contribution in [-0.2, 0) is 33.5 Å². The number of anilines is 1. The first-order chi connectivity index (χ1) is 20.6. The van der Waals surface area contributed by atoms with Crippen LogP contribution in [0.2, 0.25) is 0 Å². The van der Waals surface area contributed by atoms with Crippen molar-refractivity contribution in [2.45, 2.75) is 52.0 Å². The molecule has 1 amide bonds. The minimum Gasteiger partial charge on any atom is -0.508 e. The minimum absolute atomic E-state index is 0.0467. The van der Waals surface area contributed by atoms with Crippen molar-refractivity contribution >= 4 is 41.5 Å². The Morgan fingerprint density at radius 1 is 1.12 bits per heavy atom. The number of ether oxygens (including phenoxy) is 1. The summed E-state index contributed by atoms with van der Waals surface area (Å²) in [5.41, 5.74) is 9.91. The van der Waals surface area contributed by atoms with Gasteiger partial charge in [-0.15, -0.1) is 6.42 Å². The molecule has 0 spiro atoms. The molecule has 4 rings (SSSR count). The Bertz CT molecular complexity index is 1690. The van der Waals surface area contributed by atoms with E-state index in [1.807, 2.05) is 28.7 Å². The van der Waals surface area contributed by atoms with Crippen molar-refractivity contribution in [3.8, 4) is 23.8 Å². The Hall–Kier alpha value is -4.14. The fraction of sp³-hybridized carbons (Fsp3) is 0.367.